The molecule has 5 atom stereocenters. The predicted octanol–water partition coefficient (Wildman–Crippen LogP) is 4.91. The van der Waals surface area contributed by atoms with Gasteiger partial charge in [-0.15, -0.1) is 0 Å². The van der Waals surface area contributed by atoms with E-state index in [4.69, 9.17) is 30.1 Å². The van der Waals surface area contributed by atoms with Gasteiger partial charge in [-0.05, 0) is 62.6 Å². The van der Waals surface area contributed by atoms with Gasteiger partial charge in [0.25, 0.3) is 5.56 Å². The molecular formula is C28H33ClN3O8P. The van der Waals surface area contributed by atoms with Crippen LogP contribution in [-0.2, 0) is 23.4 Å². The lowest BCUT2D eigenvalue weighted by molar-refractivity contribution is -0.149. The van der Waals surface area contributed by atoms with Crippen LogP contribution in [0.25, 0.3) is 11.1 Å². The molecule has 13 heteroatoms. The molecule has 2 heterocycles. The molecule has 220 valence electrons. The van der Waals surface area contributed by atoms with Crippen LogP contribution in [0.3, 0.4) is 0 Å². The summed E-state index contributed by atoms with van der Waals surface area (Å²) >= 11 is 5.98. The van der Waals surface area contributed by atoms with Crippen LogP contribution >= 0.6 is 19.3 Å². The summed E-state index contributed by atoms with van der Waals surface area (Å²) in [6.45, 7) is 6.66. The number of nitrogens with one attached hydrogen (secondary N) is 2. The van der Waals surface area contributed by atoms with Crippen molar-refractivity contribution in [1.29, 1.82) is 0 Å². The van der Waals surface area contributed by atoms with Gasteiger partial charge in [0.15, 0.2) is 0 Å². The number of ether oxygens (including phenoxy) is 2. The normalized spacial score (nSPS) is 20.9. The van der Waals surface area contributed by atoms with Gasteiger partial charge >= 0.3 is 19.4 Å². The second-order valence-corrected chi connectivity index (χ2v) is 12.3. The smallest absolute Gasteiger partial charge is 0.459 e. The van der Waals surface area contributed by atoms with Gasteiger partial charge in [-0.25, -0.2) is 9.36 Å². The van der Waals surface area contributed by atoms with Crippen LogP contribution in [0.1, 0.15) is 40.3 Å². The number of H-pyrrole nitrogens is 1. The van der Waals surface area contributed by atoms with Crippen LogP contribution in [0.4, 0.5) is 0 Å². The first-order valence-electron chi connectivity index (χ1n) is 13.2. The summed E-state index contributed by atoms with van der Waals surface area (Å²) in [5, 5.41) is 3.29. The van der Waals surface area contributed by atoms with E-state index in [1.165, 1.54) is 23.8 Å². The third-order valence-corrected chi connectivity index (χ3v) is 8.22. The van der Waals surface area contributed by atoms with Crippen LogP contribution in [0, 0.1) is 5.92 Å². The molecule has 1 unspecified atom stereocenters. The van der Waals surface area contributed by atoms with Crippen LogP contribution in [0.2, 0.25) is 5.02 Å². The predicted molar refractivity (Wildman–Crippen MR) is 154 cm³/mol. The van der Waals surface area contributed by atoms with E-state index in [0.717, 1.165) is 11.1 Å². The Morgan fingerprint density at radius 1 is 1.10 bits per heavy atom. The van der Waals surface area contributed by atoms with Gasteiger partial charge in [0, 0.05) is 23.2 Å². The number of benzene rings is 2. The van der Waals surface area contributed by atoms with Crippen molar-refractivity contribution in [3.8, 4) is 16.9 Å². The molecule has 11 nitrogen and oxygen atoms in total. The summed E-state index contributed by atoms with van der Waals surface area (Å²) in [6.07, 6.45) is 0.294. The van der Waals surface area contributed by atoms with Crippen LogP contribution < -0.4 is 20.9 Å². The van der Waals surface area contributed by atoms with E-state index in [1.807, 2.05) is 19.1 Å². The number of carbonyl (C=O) groups is 1. The number of hydrogen-bond donors (Lipinski definition) is 2. The molecule has 2 aromatic carbocycles. The molecule has 2 N–H and O–H groups in total. The highest BCUT2D eigenvalue weighted by Gasteiger charge is 2.38. The van der Waals surface area contributed by atoms with Gasteiger partial charge in [0.2, 0.25) is 0 Å². The van der Waals surface area contributed by atoms with Crippen LogP contribution in [0.15, 0.2) is 70.4 Å². The topological polar surface area (TPSA) is 138 Å². The van der Waals surface area contributed by atoms with Crippen molar-refractivity contribution in [2.75, 3.05) is 6.61 Å². The lowest BCUT2D eigenvalue weighted by Gasteiger charge is -2.24. The molecule has 0 saturated carbocycles. The Hall–Kier alpha value is -3.21. The van der Waals surface area contributed by atoms with Crippen molar-refractivity contribution in [2.45, 2.75) is 58.6 Å². The Kier molecular flexibility index (Phi) is 9.88. The molecule has 1 aliphatic rings. The number of aromatic amines is 1. The molecule has 41 heavy (non-hydrogen) atoms. The first kappa shape index (κ1) is 30.7. The second kappa shape index (κ2) is 13.2. The number of halogens is 1. The average molecular weight is 606 g/mol. The van der Waals surface area contributed by atoms with Gasteiger partial charge in [0.05, 0.1) is 18.8 Å². The summed E-state index contributed by atoms with van der Waals surface area (Å²) < 4.78 is 38.1. The van der Waals surface area contributed by atoms with E-state index in [1.54, 1.807) is 50.2 Å². The summed E-state index contributed by atoms with van der Waals surface area (Å²) in [4.78, 5) is 38.4. The van der Waals surface area contributed by atoms with Gasteiger partial charge in [-0.1, -0.05) is 42.8 Å². The van der Waals surface area contributed by atoms with Gasteiger partial charge in [-0.3, -0.25) is 23.7 Å². The Morgan fingerprint density at radius 3 is 2.34 bits per heavy atom. The number of carbonyl (C=O) groups excluding carboxylic acids is 1. The summed E-state index contributed by atoms with van der Waals surface area (Å²) in [6, 6.07) is 14.5. The summed E-state index contributed by atoms with van der Waals surface area (Å²) in [5.74, 6) is -0.476. The minimum Gasteiger partial charge on any atom is -0.462 e. The second-order valence-electron chi connectivity index (χ2n) is 10.1. The van der Waals surface area contributed by atoms with Crippen molar-refractivity contribution < 1.29 is 27.9 Å². The standard InChI is InChI=1S/C28H33ClN3O8P/c1-17(2)38-27(34)19(4)31-41(36,40-23-11-7-21(8-12-23)20-5-9-22(29)10-6-20)37-16-24-15-18(3)26(39-24)32-14-13-25(33)30-28(32)35/h5-14,17-19,24,26H,15-16H2,1-4H3,(H,31,36)(H,30,33,35)/t18-,19-,24-,26+,41?/m0/s1. The minimum atomic E-state index is -4.13. The average Bonchev–Trinajstić information content (AvgIpc) is 3.28. The zero-order chi connectivity index (χ0) is 29.7. The van der Waals surface area contributed by atoms with Crippen LogP contribution in [-0.4, -0.2) is 40.4 Å². The summed E-state index contributed by atoms with van der Waals surface area (Å²) in [7, 11) is -4.13. The molecule has 1 fully saturated rings. The van der Waals surface area contributed by atoms with Crippen LogP contribution in [0.5, 0.6) is 5.75 Å². The van der Waals surface area contributed by atoms with Crippen molar-refractivity contribution in [2.24, 2.45) is 5.92 Å². The molecule has 0 amide bonds. The maximum Gasteiger partial charge on any atom is 0.459 e. The fourth-order valence-electron chi connectivity index (χ4n) is 4.38. The van der Waals surface area contributed by atoms with Gasteiger partial charge in [-0.2, -0.15) is 5.09 Å². The number of esters is 1. The lowest BCUT2D eigenvalue weighted by atomic mass is 10.1. The molecule has 3 aromatic rings. The quantitative estimate of drug-likeness (QED) is 0.230. The van der Waals surface area contributed by atoms with Crippen molar-refractivity contribution in [3.05, 3.63) is 86.7 Å². The molecule has 1 aliphatic heterocycles. The molecule has 4 rings (SSSR count). The Balaban J connectivity index is 1.49. The summed E-state index contributed by atoms with van der Waals surface area (Å²) in [5.41, 5.74) is 0.731. The van der Waals surface area contributed by atoms with Crippen molar-refractivity contribution >= 4 is 25.3 Å². The van der Waals surface area contributed by atoms with E-state index in [2.05, 4.69) is 10.1 Å². The van der Waals surface area contributed by atoms with Crippen molar-refractivity contribution in [3.63, 3.8) is 0 Å². The van der Waals surface area contributed by atoms with E-state index in [-0.39, 0.29) is 24.4 Å². The van der Waals surface area contributed by atoms with E-state index in [0.29, 0.717) is 11.4 Å². The van der Waals surface area contributed by atoms with Gasteiger partial charge < -0.3 is 14.0 Å². The lowest BCUT2D eigenvalue weighted by Crippen LogP contribution is -2.36. The largest absolute Gasteiger partial charge is 0.462 e. The first-order valence-corrected chi connectivity index (χ1v) is 15.1. The van der Waals surface area contributed by atoms with Crippen molar-refractivity contribution in [1.82, 2.24) is 14.6 Å². The number of rotatable bonds is 11. The highest BCUT2D eigenvalue weighted by atomic mass is 35.5. The zero-order valence-electron chi connectivity index (χ0n) is 23.1. The Morgan fingerprint density at radius 2 is 1.73 bits per heavy atom. The first-order chi connectivity index (χ1) is 19.4. The fourth-order valence-corrected chi connectivity index (χ4v) is 6.02. The number of aromatic nitrogens is 2. The molecule has 0 bridgehead atoms. The zero-order valence-corrected chi connectivity index (χ0v) is 24.8. The molecule has 0 spiro atoms. The maximum atomic E-state index is 13.9. The molecule has 1 aromatic heterocycles. The minimum absolute atomic E-state index is 0.110. The van der Waals surface area contributed by atoms with E-state index >= 15 is 0 Å². The third-order valence-electron chi connectivity index (χ3n) is 6.32. The maximum absolute atomic E-state index is 13.9. The monoisotopic (exact) mass is 605 g/mol. The SMILES string of the molecule is CC(C)OC(=O)[C@H](C)NP(=O)(OC[C@@H]1C[C@H](C)[C@H](n2ccc(=O)[nH]c2=O)O1)Oc1ccc(-c2ccc(Cl)cc2)cc1. The van der Waals surface area contributed by atoms with Gasteiger partial charge in [0.1, 0.15) is 18.0 Å². The fraction of sp³-hybridized carbons (Fsp3) is 0.393. The molecular weight excluding hydrogens is 573 g/mol. The molecule has 0 aliphatic carbocycles. The highest BCUT2D eigenvalue weighted by Crippen LogP contribution is 2.46. The third kappa shape index (κ3) is 8.18. The Bertz CT molecular complexity index is 1510. The van der Waals surface area contributed by atoms with E-state index < -0.39 is 43.3 Å². The molecule has 1 saturated heterocycles. The number of nitrogens with zero attached hydrogens (tertiary/aromatic N) is 1. The Labute approximate surface area is 242 Å². The number of hydrogen-bond acceptors (Lipinski definition) is 8. The van der Waals surface area contributed by atoms with E-state index in [9.17, 15) is 18.9 Å². The molecule has 0 radical (unpaired) electrons. The highest BCUT2D eigenvalue weighted by molar-refractivity contribution is 7.52.